The van der Waals surface area contributed by atoms with Crippen LogP contribution in [0.5, 0.6) is 0 Å². The fourth-order valence-electron chi connectivity index (χ4n) is 1.37. The molecule has 1 N–H and O–H groups in total. The number of imidazole rings is 1. The summed E-state index contributed by atoms with van der Waals surface area (Å²) in [5.74, 6) is 0. The first-order valence-corrected chi connectivity index (χ1v) is 5.10. The standard InChI is InChI=1S/C10H6Cl2N2O2/c11-6-1-3-7(4-2-6)14-8(5-15)9(12)13-10(14)16/h1-5H,(H,13,16). The summed E-state index contributed by atoms with van der Waals surface area (Å²) in [6.07, 6.45) is 0.523. The van der Waals surface area contributed by atoms with Crippen LogP contribution in [0, 0.1) is 0 Å². The van der Waals surface area contributed by atoms with E-state index in [2.05, 4.69) is 4.98 Å². The number of aldehydes is 1. The summed E-state index contributed by atoms with van der Waals surface area (Å²) in [5, 5.41) is 0.570. The van der Waals surface area contributed by atoms with Crippen molar-refractivity contribution in [3.8, 4) is 5.69 Å². The number of rotatable bonds is 2. The summed E-state index contributed by atoms with van der Waals surface area (Å²) < 4.78 is 1.19. The van der Waals surface area contributed by atoms with E-state index in [4.69, 9.17) is 23.2 Å². The molecule has 0 fully saturated rings. The molecule has 0 atom stereocenters. The largest absolute Gasteiger partial charge is 0.331 e. The molecule has 0 aliphatic carbocycles. The van der Waals surface area contributed by atoms with Gasteiger partial charge in [-0.15, -0.1) is 0 Å². The molecule has 16 heavy (non-hydrogen) atoms. The van der Waals surface area contributed by atoms with E-state index in [1.54, 1.807) is 24.3 Å². The third-order valence-electron chi connectivity index (χ3n) is 2.08. The highest BCUT2D eigenvalue weighted by Gasteiger charge is 2.12. The Bertz CT molecular complexity index is 584. The lowest BCUT2D eigenvalue weighted by atomic mass is 10.3. The van der Waals surface area contributed by atoms with E-state index in [-0.39, 0.29) is 10.8 Å². The molecule has 1 heterocycles. The highest BCUT2D eigenvalue weighted by atomic mass is 35.5. The van der Waals surface area contributed by atoms with Crippen molar-refractivity contribution >= 4 is 29.5 Å². The van der Waals surface area contributed by atoms with E-state index >= 15 is 0 Å². The number of hydrogen-bond acceptors (Lipinski definition) is 2. The quantitative estimate of drug-likeness (QED) is 0.839. The Morgan fingerprint density at radius 3 is 2.38 bits per heavy atom. The predicted molar refractivity (Wildman–Crippen MR) is 61.8 cm³/mol. The van der Waals surface area contributed by atoms with E-state index in [0.29, 0.717) is 17.0 Å². The number of aromatic nitrogens is 2. The lowest BCUT2D eigenvalue weighted by molar-refractivity contribution is 0.111. The van der Waals surface area contributed by atoms with Crippen LogP contribution >= 0.6 is 23.2 Å². The molecule has 0 bridgehead atoms. The zero-order chi connectivity index (χ0) is 11.7. The molecule has 2 aromatic rings. The lowest BCUT2D eigenvalue weighted by Gasteiger charge is -2.02. The number of carbonyl (C=O) groups excluding carboxylic acids is 1. The van der Waals surface area contributed by atoms with Gasteiger partial charge in [-0.3, -0.25) is 14.3 Å². The van der Waals surface area contributed by atoms with Crippen molar-refractivity contribution in [3.05, 3.63) is 50.6 Å². The van der Waals surface area contributed by atoms with Crippen molar-refractivity contribution in [2.24, 2.45) is 0 Å². The van der Waals surface area contributed by atoms with E-state index in [1.807, 2.05) is 0 Å². The van der Waals surface area contributed by atoms with Crippen molar-refractivity contribution in [3.63, 3.8) is 0 Å². The van der Waals surface area contributed by atoms with Crippen molar-refractivity contribution in [2.45, 2.75) is 0 Å². The van der Waals surface area contributed by atoms with Crippen LogP contribution in [0.4, 0.5) is 0 Å². The van der Waals surface area contributed by atoms with Gasteiger partial charge in [0.15, 0.2) is 6.29 Å². The summed E-state index contributed by atoms with van der Waals surface area (Å²) in [6, 6.07) is 6.50. The van der Waals surface area contributed by atoms with E-state index in [1.165, 1.54) is 4.57 Å². The summed E-state index contributed by atoms with van der Waals surface area (Å²) in [7, 11) is 0. The van der Waals surface area contributed by atoms with Gasteiger partial charge in [-0.2, -0.15) is 0 Å². The molecule has 0 aliphatic rings. The molecule has 0 amide bonds. The number of halogens is 2. The number of hydrogen-bond donors (Lipinski definition) is 1. The third kappa shape index (κ3) is 1.77. The highest BCUT2D eigenvalue weighted by Crippen LogP contribution is 2.16. The van der Waals surface area contributed by atoms with Crippen LogP contribution in [0.3, 0.4) is 0 Å². The zero-order valence-corrected chi connectivity index (χ0v) is 9.42. The second-order valence-electron chi connectivity index (χ2n) is 3.06. The monoisotopic (exact) mass is 256 g/mol. The number of nitrogens with zero attached hydrogens (tertiary/aromatic N) is 1. The van der Waals surface area contributed by atoms with Gasteiger partial charge < -0.3 is 0 Å². The van der Waals surface area contributed by atoms with Gasteiger partial charge in [0.05, 0.1) is 5.69 Å². The van der Waals surface area contributed by atoms with Crippen LogP contribution in [-0.2, 0) is 0 Å². The maximum atomic E-state index is 11.5. The Hall–Kier alpha value is -1.52. The molecule has 1 aromatic carbocycles. The fraction of sp³-hybridized carbons (Fsp3) is 0. The van der Waals surface area contributed by atoms with Crippen LogP contribution in [0.15, 0.2) is 29.1 Å². The van der Waals surface area contributed by atoms with Crippen molar-refractivity contribution in [1.82, 2.24) is 9.55 Å². The molecule has 0 saturated carbocycles. The van der Waals surface area contributed by atoms with Gasteiger partial charge >= 0.3 is 5.69 Å². The Kier molecular flexibility index (Phi) is 2.85. The first-order valence-electron chi connectivity index (χ1n) is 4.35. The minimum Gasteiger partial charge on any atom is -0.296 e. The van der Waals surface area contributed by atoms with Crippen LogP contribution in [0.25, 0.3) is 5.69 Å². The third-order valence-corrected chi connectivity index (χ3v) is 2.62. The van der Waals surface area contributed by atoms with E-state index in [9.17, 15) is 9.59 Å². The number of benzene rings is 1. The maximum Gasteiger partial charge on any atom is 0.331 e. The van der Waals surface area contributed by atoms with Gasteiger partial charge in [-0.25, -0.2) is 4.79 Å². The van der Waals surface area contributed by atoms with Crippen molar-refractivity contribution < 1.29 is 4.79 Å². The average Bonchev–Trinajstić information content (AvgIpc) is 2.54. The molecule has 4 nitrogen and oxygen atoms in total. The molecule has 1 aromatic heterocycles. The first-order chi connectivity index (χ1) is 7.63. The average molecular weight is 257 g/mol. The number of aromatic amines is 1. The Labute approximate surface area is 100 Å². The van der Waals surface area contributed by atoms with Gasteiger partial charge in [-0.05, 0) is 24.3 Å². The fourth-order valence-corrected chi connectivity index (χ4v) is 1.71. The second kappa shape index (κ2) is 4.15. The molecule has 0 unspecified atom stereocenters. The molecule has 0 saturated heterocycles. The van der Waals surface area contributed by atoms with Crippen LogP contribution < -0.4 is 5.69 Å². The van der Waals surface area contributed by atoms with Crippen LogP contribution in [-0.4, -0.2) is 15.8 Å². The number of nitrogens with one attached hydrogen (secondary N) is 1. The topological polar surface area (TPSA) is 54.9 Å². The van der Waals surface area contributed by atoms with Gasteiger partial charge in [0.25, 0.3) is 0 Å². The molecular weight excluding hydrogens is 251 g/mol. The number of H-pyrrole nitrogens is 1. The van der Waals surface area contributed by atoms with Gasteiger partial charge in [-0.1, -0.05) is 23.2 Å². The van der Waals surface area contributed by atoms with E-state index in [0.717, 1.165) is 0 Å². The maximum absolute atomic E-state index is 11.5. The Morgan fingerprint density at radius 2 is 1.81 bits per heavy atom. The highest BCUT2D eigenvalue weighted by molar-refractivity contribution is 6.31. The minimum absolute atomic E-state index is 0.0231. The van der Waals surface area contributed by atoms with Gasteiger partial charge in [0.2, 0.25) is 0 Å². The smallest absolute Gasteiger partial charge is 0.296 e. The van der Waals surface area contributed by atoms with Gasteiger partial charge in [0.1, 0.15) is 10.8 Å². The molecule has 0 spiro atoms. The summed E-state index contributed by atoms with van der Waals surface area (Å²) >= 11 is 11.4. The molecule has 6 heteroatoms. The summed E-state index contributed by atoms with van der Waals surface area (Å²) in [5.41, 5.74) is 0.156. The van der Waals surface area contributed by atoms with Crippen molar-refractivity contribution in [1.29, 1.82) is 0 Å². The lowest BCUT2D eigenvalue weighted by Crippen LogP contribution is -2.16. The summed E-state index contributed by atoms with van der Waals surface area (Å²) in [4.78, 5) is 24.7. The van der Waals surface area contributed by atoms with E-state index < -0.39 is 5.69 Å². The SMILES string of the molecule is O=Cc1c(Cl)[nH]c(=O)n1-c1ccc(Cl)cc1. The Balaban J connectivity index is 2.68. The molecule has 82 valence electrons. The van der Waals surface area contributed by atoms with Gasteiger partial charge in [0, 0.05) is 5.02 Å². The van der Waals surface area contributed by atoms with Crippen molar-refractivity contribution in [2.75, 3.05) is 0 Å². The summed E-state index contributed by atoms with van der Waals surface area (Å²) in [6.45, 7) is 0. The molecule has 0 aliphatic heterocycles. The van der Waals surface area contributed by atoms with Crippen LogP contribution in [0.2, 0.25) is 10.2 Å². The zero-order valence-electron chi connectivity index (χ0n) is 7.91. The first kappa shape index (κ1) is 11.0. The predicted octanol–water partition coefficient (Wildman–Crippen LogP) is 2.28. The molecule has 0 radical (unpaired) electrons. The number of carbonyl (C=O) groups is 1. The normalized spacial score (nSPS) is 10.4. The molecular formula is C10H6Cl2N2O2. The minimum atomic E-state index is -0.463. The second-order valence-corrected chi connectivity index (χ2v) is 3.87. The Morgan fingerprint density at radius 1 is 1.19 bits per heavy atom. The molecule has 2 rings (SSSR count). The van der Waals surface area contributed by atoms with Crippen LogP contribution in [0.1, 0.15) is 10.5 Å².